The number of nitrogens with zero attached hydrogens (tertiary/aromatic N) is 1. The van der Waals surface area contributed by atoms with Gasteiger partial charge in [-0.15, -0.1) is 0 Å². The molecule has 0 spiro atoms. The predicted molar refractivity (Wildman–Crippen MR) is 50.3 cm³/mol. The molecule has 0 aliphatic carbocycles. The van der Waals surface area contributed by atoms with Crippen LogP contribution in [0.25, 0.3) is 0 Å². The van der Waals surface area contributed by atoms with Gasteiger partial charge in [0.25, 0.3) is 0 Å². The Balaban J connectivity index is 3.08. The van der Waals surface area contributed by atoms with Crippen molar-refractivity contribution in [2.24, 2.45) is 5.41 Å². The van der Waals surface area contributed by atoms with E-state index in [1.54, 1.807) is 27.7 Å². The minimum Gasteiger partial charge on any atom is -0.297 e. The summed E-state index contributed by atoms with van der Waals surface area (Å²) in [5.41, 5.74) is -1.36. The summed E-state index contributed by atoms with van der Waals surface area (Å²) in [4.78, 5) is 11.8. The van der Waals surface area contributed by atoms with Crippen LogP contribution < -0.4 is 0 Å². The smallest absolute Gasteiger partial charge is 0.235 e. The Bertz CT molecular complexity index is 273. The van der Waals surface area contributed by atoms with E-state index in [1.165, 1.54) is 4.31 Å². The number of hydrogen-bond donors (Lipinski definition) is 1. The maximum atomic E-state index is 11.8. The van der Waals surface area contributed by atoms with Gasteiger partial charge < -0.3 is 0 Å². The second-order valence-electron chi connectivity index (χ2n) is 4.54. The molecular weight excluding hydrogens is 190 g/mol. The quantitative estimate of drug-likeness (QED) is 0.644. The molecule has 1 fully saturated rings. The number of ketones is 1. The average molecular weight is 205 g/mol. The van der Waals surface area contributed by atoms with Crippen molar-refractivity contribution >= 4 is 17.0 Å². The summed E-state index contributed by atoms with van der Waals surface area (Å²) in [6, 6.07) is 0. The van der Waals surface area contributed by atoms with Gasteiger partial charge in [-0.3, -0.25) is 9.35 Å². The Morgan fingerprint density at radius 3 is 2.00 bits per heavy atom. The lowest BCUT2D eigenvalue weighted by Crippen LogP contribution is -2.43. The van der Waals surface area contributed by atoms with Gasteiger partial charge in [0.2, 0.25) is 11.3 Å². The minimum atomic E-state index is -2.07. The molecule has 1 unspecified atom stereocenters. The molecule has 0 amide bonds. The first-order chi connectivity index (χ1) is 5.69. The molecule has 0 aromatic rings. The van der Waals surface area contributed by atoms with Crippen LogP contribution in [0, 0.1) is 5.41 Å². The zero-order valence-electron chi connectivity index (χ0n) is 8.33. The van der Waals surface area contributed by atoms with Crippen molar-refractivity contribution in [2.75, 3.05) is 6.54 Å². The highest BCUT2D eigenvalue weighted by molar-refractivity contribution is 7.76. The number of rotatable bonds is 1. The number of carbonyl (C=O) groups is 1. The van der Waals surface area contributed by atoms with Gasteiger partial charge in [-0.2, -0.15) is 4.31 Å². The van der Waals surface area contributed by atoms with Crippen LogP contribution in [0.5, 0.6) is 0 Å². The summed E-state index contributed by atoms with van der Waals surface area (Å²) in [7, 11) is 0. The predicted octanol–water partition coefficient (Wildman–Crippen LogP) is 0.813. The summed E-state index contributed by atoms with van der Waals surface area (Å²) in [6.07, 6.45) is 0. The van der Waals surface area contributed by atoms with Crippen LogP contribution in [0.1, 0.15) is 27.7 Å². The van der Waals surface area contributed by atoms with Gasteiger partial charge in [-0.1, -0.05) is 13.8 Å². The van der Waals surface area contributed by atoms with E-state index in [4.69, 9.17) is 4.55 Å². The van der Waals surface area contributed by atoms with Crippen LogP contribution in [0.3, 0.4) is 0 Å². The summed E-state index contributed by atoms with van der Waals surface area (Å²) in [5, 5.41) is 0. The van der Waals surface area contributed by atoms with E-state index < -0.39 is 22.2 Å². The van der Waals surface area contributed by atoms with Crippen LogP contribution in [0.4, 0.5) is 0 Å². The first-order valence-electron chi connectivity index (χ1n) is 4.13. The van der Waals surface area contributed by atoms with Crippen molar-refractivity contribution in [2.45, 2.75) is 33.2 Å². The van der Waals surface area contributed by atoms with Crippen molar-refractivity contribution in [3.05, 3.63) is 0 Å². The molecule has 0 aromatic heterocycles. The van der Waals surface area contributed by atoms with Crippen LogP contribution >= 0.6 is 0 Å². The Morgan fingerprint density at radius 1 is 1.38 bits per heavy atom. The molecule has 0 bridgehead atoms. The van der Waals surface area contributed by atoms with Gasteiger partial charge >= 0.3 is 0 Å². The highest BCUT2D eigenvalue weighted by Gasteiger charge is 2.53. The molecule has 1 aliphatic heterocycles. The molecule has 0 aromatic carbocycles. The van der Waals surface area contributed by atoms with E-state index in [9.17, 15) is 9.00 Å². The molecular formula is C8H15NO3S. The van der Waals surface area contributed by atoms with Crippen molar-refractivity contribution in [1.82, 2.24) is 4.31 Å². The highest BCUT2D eigenvalue weighted by Crippen LogP contribution is 2.37. The lowest BCUT2D eigenvalue weighted by atomic mass is 9.84. The Labute approximate surface area is 80.7 Å². The van der Waals surface area contributed by atoms with E-state index in [2.05, 4.69) is 0 Å². The third-order valence-electron chi connectivity index (χ3n) is 2.52. The standard InChI is InChI=1S/C8H15NO3S/c1-7(2)5-9(13(11)12)8(3,4)6(7)10/h5H2,1-4H3,(H,11,12). The molecule has 1 saturated heterocycles. The second kappa shape index (κ2) is 2.87. The maximum absolute atomic E-state index is 11.8. The fourth-order valence-electron chi connectivity index (χ4n) is 1.82. The lowest BCUT2D eigenvalue weighted by Gasteiger charge is -2.25. The Hall–Kier alpha value is -0.260. The van der Waals surface area contributed by atoms with E-state index in [0.717, 1.165) is 0 Å². The summed E-state index contributed by atoms with van der Waals surface area (Å²) in [6.45, 7) is 7.28. The molecule has 0 saturated carbocycles. The van der Waals surface area contributed by atoms with Crippen molar-refractivity contribution in [1.29, 1.82) is 0 Å². The van der Waals surface area contributed by atoms with Gasteiger partial charge in [-0.25, -0.2) is 4.21 Å². The first-order valence-corrected chi connectivity index (χ1v) is 5.19. The molecule has 4 nitrogen and oxygen atoms in total. The van der Waals surface area contributed by atoms with Gasteiger partial charge in [0, 0.05) is 12.0 Å². The topological polar surface area (TPSA) is 57.6 Å². The van der Waals surface area contributed by atoms with E-state index in [-0.39, 0.29) is 5.78 Å². The molecule has 5 heteroatoms. The molecule has 13 heavy (non-hydrogen) atoms. The van der Waals surface area contributed by atoms with Gasteiger partial charge in [0.15, 0.2) is 5.78 Å². The van der Waals surface area contributed by atoms with E-state index >= 15 is 0 Å². The molecule has 1 N–H and O–H groups in total. The zero-order chi connectivity index (χ0) is 10.4. The first kappa shape index (κ1) is 10.8. The third kappa shape index (κ3) is 1.56. The summed E-state index contributed by atoms with van der Waals surface area (Å²) < 4.78 is 21.2. The highest BCUT2D eigenvalue weighted by atomic mass is 32.2. The molecule has 76 valence electrons. The monoisotopic (exact) mass is 205 g/mol. The van der Waals surface area contributed by atoms with Crippen molar-refractivity contribution < 1.29 is 13.6 Å². The maximum Gasteiger partial charge on any atom is 0.235 e. The summed E-state index contributed by atoms with van der Waals surface area (Å²) >= 11 is -2.07. The molecule has 1 rings (SSSR count). The van der Waals surface area contributed by atoms with E-state index in [1.807, 2.05) is 0 Å². The van der Waals surface area contributed by atoms with Gasteiger partial charge in [-0.05, 0) is 13.8 Å². The number of hydrogen-bond acceptors (Lipinski definition) is 2. The zero-order valence-corrected chi connectivity index (χ0v) is 9.14. The van der Waals surface area contributed by atoms with Gasteiger partial charge in [0.1, 0.15) is 0 Å². The largest absolute Gasteiger partial charge is 0.297 e. The van der Waals surface area contributed by atoms with Crippen LogP contribution in [-0.2, 0) is 16.1 Å². The summed E-state index contributed by atoms with van der Waals surface area (Å²) in [5.74, 6) is 0.0161. The fourth-order valence-corrected chi connectivity index (χ4v) is 2.73. The van der Waals surface area contributed by atoms with Crippen LogP contribution in [0.2, 0.25) is 0 Å². The number of Topliss-reactive ketones (excluding diaryl/α,β-unsaturated/α-hetero) is 1. The third-order valence-corrected chi connectivity index (χ3v) is 3.48. The van der Waals surface area contributed by atoms with Crippen LogP contribution in [0.15, 0.2) is 0 Å². The van der Waals surface area contributed by atoms with Crippen molar-refractivity contribution in [3.8, 4) is 0 Å². The second-order valence-corrected chi connectivity index (χ2v) is 5.44. The minimum absolute atomic E-state index is 0.0161. The SMILES string of the molecule is CC1(C)CN(S(=O)O)C(C)(C)C1=O. The lowest BCUT2D eigenvalue weighted by molar-refractivity contribution is -0.128. The Kier molecular flexibility index (Phi) is 2.38. The number of carbonyl (C=O) groups excluding carboxylic acids is 1. The molecule has 1 aliphatic rings. The van der Waals surface area contributed by atoms with Crippen molar-refractivity contribution in [3.63, 3.8) is 0 Å². The molecule has 0 radical (unpaired) electrons. The Morgan fingerprint density at radius 2 is 1.85 bits per heavy atom. The average Bonchev–Trinajstić information content (AvgIpc) is 2.11. The molecule has 1 atom stereocenters. The van der Waals surface area contributed by atoms with Gasteiger partial charge in [0.05, 0.1) is 5.54 Å². The fraction of sp³-hybridized carbons (Fsp3) is 0.875. The molecule has 1 heterocycles. The van der Waals surface area contributed by atoms with Crippen LogP contribution in [-0.4, -0.2) is 30.9 Å². The normalized spacial score (nSPS) is 29.2. The van der Waals surface area contributed by atoms with E-state index in [0.29, 0.717) is 6.54 Å².